The van der Waals surface area contributed by atoms with Crippen LogP contribution < -0.4 is 0 Å². The predicted molar refractivity (Wildman–Crippen MR) is 75.0 cm³/mol. The van der Waals surface area contributed by atoms with Gasteiger partial charge < -0.3 is 4.90 Å². The van der Waals surface area contributed by atoms with Gasteiger partial charge in [0.25, 0.3) is 5.91 Å². The third-order valence-electron chi connectivity index (χ3n) is 3.60. The molecule has 0 radical (unpaired) electrons. The Labute approximate surface area is 117 Å². The van der Waals surface area contributed by atoms with E-state index in [9.17, 15) is 9.18 Å². The molecule has 1 unspecified atom stereocenters. The van der Waals surface area contributed by atoms with Crippen molar-refractivity contribution in [2.75, 3.05) is 7.05 Å². The number of hydrogen-bond acceptors (Lipinski definition) is 2. The van der Waals surface area contributed by atoms with E-state index in [0.29, 0.717) is 16.8 Å². The van der Waals surface area contributed by atoms with E-state index in [0.717, 1.165) is 5.69 Å². The number of nitrogens with one attached hydrogen (secondary N) is 1. The summed E-state index contributed by atoms with van der Waals surface area (Å²) in [5.74, 6) is -0.468. The summed E-state index contributed by atoms with van der Waals surface area (Å²) >= 11 is 0. The van der Waals surface area contributed by atoms with E-state index in [1.54, 1.807) is 46.0 Å². The van der Waals surface area contributed by atoms with Crippen LogP contribution in [0, 0.1) is 19.7 Å². The maximum absolute atomic E-state index is 13.8. The van der Waals surface area contributed by atoms with Crippen molar-refractivity contribution >= 4 is 5.91 Å². The van der Waals surface area contributed by atoms with Gasteiger partial charge in [-0.15, -0.1) is 0 Å². The van der Waals surface area contributed by atoms with Crippen molar-refractivity contribution in [1.29, 1.82) is 0 Å². The zero-order valence-corrected chi connectivity index (χ0v) is 12.1. The van der Waals surface area contributed by atoms with E-state index < -0.39 is 0 Å². The third-order valence-corrected chi connectivity index (χ3v) is 3.60. The van der Waals surface area contributed by atoms with Crippen molar-refractivity contribution < 1.29 is 9.18 Å². The molecule has 4 nitrogen and oxygen atoms in total. The van der Waals surface area contributed by atoms with Crippen molar-refractivity contribution in [3.63, 3.8) is 0 Å². The zero-order valence-electron chi connectivity index (χ0n) is 12.1. The van der Waals surface area contributed by atoms with Crippen LogP contribution in [-0.4, -0.2) is 28.1 Å². The van der Waals surface area contributed by atoms with Crippen molar-refractivity contribution in [2.24, 2.45) is 0 Å². The number of hydrogen-bond donors (Lipinski definition) is 1. The molecule has 0 aliphatic rings. The maximum atomic E-state index is 13.8. The first kappa shape index (κ1) is 14.2. The summed E-state index contributed by atoms with van der Waals surface area (Å²) in [7, 11) is 1.67. The van der Waals surface area contributed by atoms with Crippen LogP contribution in [0.5, 0.6) is 0 Å². The van der Waals surface area contributed by atoms with Gasteiger partial charge in [0, 0.05) is 18.3 Å². The lowest BCUT2D eigenvalue weighted by atomic mass is 10.1. The highest BCUT2D eigenvalue weighted by Crippen LogP contribution is 2.24. The second-order valence-electron chi connectivity index (χ2n) is 4.92. The molecule has 0 fully saturated rings. The number of halogens is 1. The van der Waals surface area contributed by atoms with E-state index in [2.05, 4.69) is 10.2 Å². The molecule has 0 bridgehead atoms. The van der Waals surface area contributed by atoms with Crippen molar-refractivity contribution in [3.05, 3.63) is 52.6 Å². The number of benzene rings is 1. The van der Waals surface area contributed by atoms with Gasteiger partial charge in [-0.1, -0.05) is 18.2 Å². The Morgan fingerprint density at radius 1 is 1.35 bits per heavy atom. The molecule has 106 valence electrons. The molecule has 20 heavy (non-hydrogen) atoms. The SMILES string of the molecule is Cc1n[nH]c(C)c1C(=O)N(C)C(C)c1ccccc1F. The molecule has 1 aromatic heterocycles. The number of carbonyl (C=O) groups is 1. The lowest BCUT2D eigenvalue weighted by Gasteiger charge is -2.25. The Hall–Kier alpha value is -2.17. The highest BCUT2D eigenvalue weighted by atomic mass is 19.1. The topological polar surface area (TPSA) is 49.0 Å². The summed E-state index contributed by atoms with van der Waals surface area (Å²) in [6.45, 7) is 5.38. The van der Waals surface area contributed by atoms with Crippen LogP contribution >= 0.6 is 0 Å². The fourth-order valence-electron chi connectivity index (χ4n) is 2.24. The Morgan fingerprint density at radius 2 is 2.00 bits per heavy atom. The molecule has 1 N–H and O–H groups in total. The summed E-state index contributed by atoms with van der Waals surface area (Å²) in [5, 5.41) is 6.81. The number of carbonyl (C=O) groups excluding carboxylic acids is 1. The number of aryl methyl sites for hydroxylation is 2. The van der Waals surface area contributed by atoms with Gasteiger partial charge in [0.05, 0.1) is 17.3 Å². The van der Waals surface area contributed by atoms with Gasteiger partial charge in [-0.05, 0) is 26.8 Å². The molecule has 1 amide bonds. The summed E-state index contributed by atoms with van der Waals surface area (Å²) in [6, 6.07) is 6.15. The number of H-pyrrole nitrogens is 1. The first-order chi connectivity index (χ1) is 9.43. The summed E-state index contributed by atoms with van der Waals surface area (Å²) in [6.07, 6.45) is 0. The van der Waals surface area contributed by atoms with Gasteiger partial charge in [0.15, 0.2) is 0 Å². The van der Waals surface area contributed by atoms with Crippen LogP contribution in [0.15, 0.2) is 24.3 Å². The summed E-state index contributed by atoms with van der Waals surface area (Å²) in [4.78, 5) is 14.0. The molecule has 0 spiro atoms. The average Bonchev–Trinajstić information content (AvgIpc) is 2.76. The summed E-state index contributed by atoms with van der Waals surface area (Å²) < 4.78 is 13.8. The van der Waals surface area contributed by atoms with Crippen molar-refractivity contribution in [1.82, 2.24) is 15.1 Å². The fraction of sp³-hybridized carbons (Fsp3) is 0.333. The molecular formula is C15H18FN3O. The molecule has 0 aliphatic carbocycles. The quantitative estimate of drug-likeness (QED) is 0.936. The van der Waals surface area contributed by atoms with Gasteiger partial charge in [0.2, 0.25) is 0 Å². The lowest BCUT2D eigenvalue weighted by Crippen LogP contribution is -2.30. The summed E-state index contributed by atoms with van der Waals surface area (Å²) in [5.41, 5.74) is 2.43. The third kappa shape index (κ3) is 2.43. The smallest absolute Gasteiger partial charge is 0.257 e. The lowest BCUT2D eigenvalue weighted by molar-refractivity contribution is 0.0739. The molecule has 2 aromatic rings. The van der Waals surface area contributed by atoms with E-state index in [1.165, 1.54) is 11.0 Å². The monoisotopic (exact) mass is 275 g/mol. The number of aromatic amines is 1. The van der Waals surface area contributed by atoms with Gasteiger partial charge >= 0.3 is 0 Å². The normalized spacial score (nSPS) is 12.2. The van der Waals surface area contributed by atoms with Crippen LogP contribution in [0.1, 0.15) is 40.3 Å². The second-order valence-corrected chi connectivity index (χ2v) is 4.92. The van der Waals surface area contributed by atoms with Gasteiger partial charge in [-0.25, -0.2) is 4.39 Å². The van der Waals surface area contributed by atoms with Crippen LogP contribution in [0.3, 0.4) is 0 Å². The Bertz CT molecular complexity index is 616. The number of amides is 1. The molecular weight excluding hydrogens is 257 g/mol. The number of nitrogens with zero attached hydrogens (tertiary/aromatic N) is 2. The number of aromatic nitrogens is 2. The largest absolute Gasteiger partial charge is 0.335 e. The van der Waals surface area contributed by atoms with Gasteiger partial charge in [-0.2, -0.15) is 5.10 Å². The van der Waals surface area contributed by atoms with E-state index in [1.807, 2.05) is 0 Å². The van der Waals surface area contributed by atoms with Crippen LogP contribution in [0.2, 0.25) is 0 Å². The minimum absolute atomic E-state index is 0.162. The van der Waals surface area contributed by atoms with Crippen LogP contribution in [-0.2, 0) is 0 Å². The highest BCUT2D eigenvalue weighted by molar-refractivity contribution is 5.96. The molecule has 0 saturated heterocycles. The molecule has 5 heteroatoms. The second kappa shape index (κ2) is 5.45. The van der Waals surface area contributed by atoms with Gasteiger partial charge in [-0.3, -0.25) is 9.89 Å². The van der Waals surface area contributed by atoms with E-state index >= 15 is 0 Å². The first-order valence-electron chi connectivity index (χ1n) is 6.46. The Morgan fingerprint density at radius 3 is 2.55 bits per heavy atom. The number of rotatable bonds is 3. The minimum atomic E-state index is -0.350. The van der Waals surface area contributed by atoms with Crippen molar-refractivity contribution in [2.45, 2.75) is 26.8 Å². The van der Waals surface area contributed by atoms with Crippen LogP contribution in [0.25, 0.3) is 0 Å². The highest BCUT2D eigenvalue weighted by Gasteiger charge is 2.24. The Kier molecular flexibility index (Phi) is 3.88. The maximum Gasteiger partial charge on any atom is 0.257 e. The molecule has 0 aliphatic heterocycles. The minimum Gasteiger partial charge on any atom is -0.335 e. The Balaban J connectivity index is 2.30. The first-order valence-corrected chi connectivity index (χ1v) is 6.46. The zero-order chi connectivity index (χ0) is 14.9. The molecule has 1 aromatic carbocycles. The fourth-order valence-corrected chi connectivity index (χ4v) is 2.24. The van der Waals surface area contributed by atoms with E-state index in [-0.39, 0.29) is 17.8 Å². The molecule has 1 atom stereocenters. The molecule has 1 heterocycles. The molecule has 0 saturated carbocycles. The predicted octanol–water partition coefficient (Wildman–Crippen LogP) is 3.00. The standard InChI is InChI=1S/C15H18FN3O/c1-9-14(10(2)18-17-9)15(20)19(4)11(3)12-7-5-6-8-13(12)16/h5-8,11H,1-4H3,(H,17,18). The van der Waals surface area contributed by atoms with Gasteiger partial charge in [0.1, 0.15) is 5.82 Å². The van der Waals surface area contributed by atoms with E-state index in [4.69, 9.17) is 0 Å². The van der Waals surface area contributed by atoms with Crippen molar-refractivity contribution in [3.8, 4) is 0 Å². The average molecular weight is 275 g/mol. The molecule has 2 rings (SSSR count). The van der Waals surface area contributed by atoms with Crippen LogP contribution in [0.4, 0.5) is 4.39 Å².